The molecule has 3 rings (SSSR count). The van der Waals surface area contributed by atoms with Gasteiger partial charge in [0.25, 0.3) is 5.92 Å². The number of halogens is 2. The summed E-state index contributed by atoms with van der Waals surface area (Å²) in [7, 11) is 0. The molecule has 2 saturated heterocycles. The molecule has 0 radical (unpaired) electrons. The van der Waals surface area contributed by atoms with Crippen molar-refractivity contribution in [2.75, 3.05) is 26.2 Å². The van der Waals surface area contributed by atoms with Gasteiger partial charge in [-0.05, 0) is 18.8 Å². The second kappa shape index (κ2) is 3.15. The Hall–Kier alpha value is -0.710. The van der Waals surface area contributed by atoms with Crippen LogP contribution in [0.5, 0.6) is 0 Å². The molecular formula is C11H16F2N2O. The van der Waals surface area contributed by atoms with Crippen LogP contribution in [0.15, 0.2) is 0 Å². The molecule has 2 heterocycles. The normalized spacial score (nSPS) is 30.5. The van der Waals surface area contributed by atoms with Gasteiger partial charge in [-0.2, -0.15) is 0 Å². The molecule has 0 bridgehead atoms. The number of amides is 1. The predicted molar refractivity (Wildman–Crippen MR) is 54.2 cm³/mol. The lowest BCUT2D eigenvalue weighted by Gasteiger charge is -2.50. The summed E-state index contributed by atoms with van der Waals surface area (Å²) in [5, 5.41) is 2.73. The molecule has 3 fully saturated rings. The monoisotopic (exact) mass is 230 g/mol. The second-order valence-electron chi connectivity index (χ2n) is 5.49. The standard InChI is InChI=1S/C11H16F2N2O/c12-11(13)5-14-4-10(11)6-15(7-10)9(16)3-8-1-2-8/h8,14H,1-7H2. The van der Waals surface area contributed by atoms with Crippen LogP contribution in [0.3, 0.4) is 0 Å². The summed E-state index contributed by atoms with van der Waals surface area (Å²) >= 11 is 0. The Morgan fingerprint density at radius 1 is 1.31 bits per heavy atom. The van der Waals surface area contributed by atoms with E-state index in [0.717, 1.165) is 12.8 Å². The highest BCUT2D eigenvalue weighted by molar-refractivity contribution is 5.78. The van der Waals surface area contributed by atoms with E-state index in [-0.39, 0.29) is 25.5 Å². The highest BCUT2D eigenvalue weighted by atomic mass is 19.3. The first-order valence-corrected chi connectivity index (χ1v) is 5.89. The lowest BCUT2D eigenvalue weighted by atomic mass is 9.76. The van der Waals surface area contributed by atoms with Crippen molar-refractivity contribution >= 4 is 5.91 Å². The fraction of sp³-hybridized carbons (Fsp3) is 0.909. The van der Waals surface area contributed by atoms with Crippen molar-refractivity contribution in [2.45, 2.75) is 25.2 Å². The lowest BCUT2D eigenvalue weighted by molar-refractivity contribution is -0.173. The zero-order valence-electron chi connectivity index (χ0n) is 9.14. The Bertz CT molecular complexity index is 322. The van der Waals surface area contributed by atoms with Gasteiger partial charge < -0.3 is 10.2 Å². The van der Waals surface area contributed by atoms with Crippen molar-refractivity contribution in [3.8, 4) is 0 Å². The van der Waals surface area contributed by atoms with E-state index in [4.69, 9.17) is 0 Å². The maximum Gasteiger partial charge on any atom is 0.270 e. The van der Waals surface area contributed by atoms with Crippen molar-refractivity contribution < 1.29 is 13.6 Å². The van der Waals surface area contributed by atoms with Gasteiger partial charge in [0.05, 0.1) is 12.0 Å². The molecule has 16 heavy (non-hydrogen) atoms. The van der Waals surface area contributed by atoms with E-state index in [9.17, 15) is 13.6 Å². The number of hydrogen-bond donors (Lipinski definition) is 1. The molecule has 0 aromatic rings. The Labute approximate surface area is 93.2 Å². The van der Waals surface area contributed by atoms with E-state index in [1.807, 2.05) is 0 Å². The summed E-state index contributed by atoms with van der Waals surface area (Å²) in [5.41, 5.74) is -0.966. The average molecular weight is 230 g/mol. The van der Waals surface area contributed by atoms with Crippen molar-refractivity contribution in [2.24, 2.45) is 11.3 Å². The number of nitrogens with one attached hydrogen (secondary N) is 1. The van der Waals surface area contributed by atoms with E-state index < -0.39 is 11.3 Å². The first-order chi connectivity index (χ1) is 7.52. The zero-order chi connectivity index (χ0) is 11.4. The second-order valence-corrected chi connectivity index (χ2v) is 5.49. The Morgan fingerprint density at radius 2 is 2.00 bits per heavy atom. The molecule has 3 aliphatic rings. The first-order valence-electron chi connectivity index (χ1n) is 5.89. The largest absolute Gasteiger partial charge is 0.341 e. The molecule has 3 nitrogen and oxygen atoms in total. The van der Waals surface area contributed by atoms with Crippen LogP contribution in [0.2, 0.25) is 0 Å². The highest BCUT2D eigenvalue weighted by Gasteiger charge is 2.64. The quantitative estimate of drug-likeness (QED) is 0.763. The third-order valence-electron chi connectivity index (χ3n) is 4.09. The first kappa shape index (κ1) is 10.4. The van der Waals surface area contributed by atoms with Gasteiger partial charge in [0.15, 0.2) is 0 Å². The zero-order valence-corrected chi connectivity index (χ0v) is 9.14. The van der Waals surface area contributed by atoms with Gasteiger partial charge in [0.1, 0.15) is 0 Å². The Morgan fingerprint density at radius 3 is 2.50 bits per heavy atom. The smallest absolute Gasteiger partial charge is 0.270 e. The molecule has 1 spiro atoms. The van der Waals surface area contributed by atoms with E-state index in [1.54, 1.807) is 4.90 Å². The van der Waals surface area contributed by atoms with E-state index in [2.05, 4.69) is 5.32 Å². The van der Waals surface area contributed by atoms with Crippen molar-refractivity contribution in [1.29, 1.82) is 0 Å². The van der Waals surface area contributed by atoms with Gasteiger partial charge in [-0.15, -0.1) is 0 Å². The van der Waals surface area contributed by atoms with Crippen molar-refractivity contribution in [3.63, 3.8) is 0 Å². The molecule has 0 aromatic carbocycles. The third kappa shape index (κ3) is 1.44. The van der Waals surface area contributed by atoms with Crippen LogP contribution in [0.25, 0.3) is 0 Å². The van der Waals surface area contributed by atoms with Gasteiger partial charge in [-0.25, -0.2) is 8.78 Å². The van der Waals surface area contributed by atoms with Crippen LogP contribution < -0.4 is 5.32 Å². The van der Waals surface area contributed by atoms with E-state index in [1.165, 1.54) is 0 Å². The Kier molecular flexibility index (Phi) is 2.06. The van der Waals surface area contributed by atoms with Crippen LogP contribution in [0.4, 0.5) is 8.78 Å². The molecule has 0 atom stereocenters. The fourth-order valence-corrected chi connectivity index (χ4v) is 2.68. The van der Waals surface area contributed by atoms with E-state index >= 15 is 0 Å². The van der Waals surface area contributed by atoms with Gasteiger partial charge in [-0.1, -0.05) is 0 Å². The predicted octanol–water partition coefficient (Wildman–Crippen LogP) is 0.854. The van der Waals surface area contributed by atoms with Crippen molar-refractivity contribution in [1.82, 2.24) is 10.2 Å². The molecule has 5 heteroatoms. The SMILES string of the molecule is O=C(CC1CC1)N1CC2(CNCC2(F)F)C1. The van der Waals surface area contributed by atoms with Gasteiger partial charge in [0, 0.05) is 26.1 Å². The minimum absolute atomic E-state index is 0.0656. The number of alkyl halides is 2. The molecule has 1 N–H and O–H groups in total. The number of likely N-dealkylation sites (tertiary alicyclic amines) is 1. The number of nitrogens with zero attached hydrogens (tertiary/aromatic N) is 1. The topological polar surface area (TPSA) is 32.3 Å². The summed E-state index contributed by atoms with van der Waals surface area (Å²) in [4.78, 5) is 13.3. The van der Waals surface area contributed by atoms with Crippen LogP contribution >= 0.6 is 0 Å². The highest BCUT2D eigenvalue weighted by Crippen LogP contribution is 2.47. The summed E-state index contributed by atoms with van der Waals surface area (Å²) in [5.74, 6) is -2.05. The minimum Gasteiger partial charge on any atom is -0.341 e. The number of carbonyl (C=O) groups is 1. The third-order valence-corrected chi connectivity index (χ3v) is 4.09. The van der Waals surface area contributed by atoms with Gasteiger partial charge in [0.2, 0.25) is 5.91 Å². The van der Waals surface area contributed by atoms with Gasteiger partial charge >= 0.3 is 0 Å². The molecule has 1 saturated carbocycles. The molecule has 1 amide bonds. The number of carbonyl (C=O) groups excluding carboxylic acids is 1. The van der Waals surface area contributed by atoms with Crippen molar-refractivity contribution in [3.05, 3.63) is 0 Å². The maximum absolute atomic E-state index is 13.6. The summed E-state index contributed by atoms with van der Waals surface area (Å²) in [6, 6.07) is 0. The Balaban J connectivity index is 1.58. The molecule has 0 unspecified atom stereocenters. The van der Waals surface area contributed by atoms with Crippen LogP contribution in [-0.4, -0.2) is 42.9 Å². The summed E-state index contributed by atoms with van der Waals surface area (Å²) < 4.78 is 27.1. The van der Waals surface area contributed by atoms with E-state index in [0.29, 0.717) is 18.9 Å². The molecular weight excluding hydrogens is 214 g/mol. The van der Waals surface area contributed by atoms with Crippen LogP contribution in [0.1, 0.15) is 19.3 Å². The van der Waals surface area contributed by atoms with Crippen LogP contribution in [0, 0.1) is 11.3 Å². The number of rotatable bonds is 2. The average Bonchev–Trinajstić information content (AvgIpc) is 2.86. The maximum atomic E-state index is 13.6. The van der Waals surface area contributed by atoms with Crippen LogP contribution in [-0.2, 0) is 4.79 Å². The molecule has 1 aliphatic carbocycles. The minimum atomic E-state index is -2.65. The lowest BCUT2D eigenvalue weighted by Crippen LogP contribution is -2.65. The summed E-state index contributed by atoms with van der Waals surface area (Å²) in [6.07, 6.45) is 2.82. The summed E-state index contributed by atoms with van der Waals surface area (Å²) in [6.45, 7) is 0.571. The molecule has 0 aromatic heterocycles. The fourth-order valence-electron chi connectivity index (χ4n) is 2.68. The van der Waals surface area contributed by atoms with Gasteiger partial charge in [-0.3, -0.25) is 4.79 Å². The molecule has 90 valence electrons. The molecule has 2 aliphatic heterocycles. The number of hydrogen-bond acceptors (Lipinski definition) is 2.